The van der Waals surface area contributed by atoms with Crippen LogP contribution in [0.15, 0.2) is 60.7 Å². The maximum atomic E-state index is 13.4. The fraction of sp³-hybridized carbons (Fsp3) is 0.286. The summed E-state index contributed by atoms with van der Waals surface area (Å²) in [6, 6.07) is 17.0. The van der Waals surface area contributed by atoms with Gasteiger partial charge in [-0.2, -0.15) is 0 Å². The lowest BCUT2D eigenvalue weighted by Crippen LogP contribution is -2.51. The lowest BCUT2D eigenvalue weighted by Gasteiger charge is -2.27. The largest absolute Gasteiger partial charge is 0.443 e. The SMILES string of the molecule is C[C@@H](C(=O)OCN1CC(=O)[N+](c2ccccc2)(c2ccccc2)C1=O)N(C)C. The first-order valence-electron chi connectivity index (χ1n) is 9.05. The molecule has 0 bridgehead atoms. The number of nitrogens with zero attached hydrogens (tertiary/aromatic N) is 3. The van der Waals surface area contributed by atoms with Crippen LogP contribution in [-0.2, 0) is 14.3 Å². The lowest BCUT2D eigenvalue weighted by molar-refractivity contribution is -0.152. The standard InChI is InChI=1S/C21H24N3O4/c1-16(22(2)3)20(26)28-15-23-14-19(25)24(21(23)27,17-10-6-4-7-11-17)18-12-8-5-9-13-18/h4-13,16H,14-15H2,1-3H3/q+1/t16-/m0/s1. The summed E-state index contributed by atoms with van der Waals surface area (Å²) >= 11 is 0. The Balaban J connectivity index is 1.93. The maximum absolute atomic E-state index is 13.4. The highest BCUT2D eigenvalue weighted by atomic mass is 16.5. The molecule has 1 fully saturated rings. The van der Waals surface area contributed by atoms with Crippen molar-refractivity contribution in [1.29, 1.82) is 0 Å². The molecule has 3 amide bonds. The molecule has 146 valence electrons. The van der Waals surface area contributed by atoms with Gasteiger partial charge in [-0.1, -0.05) is 36.4 Å². The van der Waals surface area contributed by atoms with Gasteiger partial charge >= 0.3 is 17.9 Å². The predicted octanol–water partition coefficient (Wildman–Crippen LogP) is 2.74. The molecule has 7 nitrogen and oxygen atoms in total. The van der Waals surface area contributed by atoms with E-state index in [-0.39, 0.29) is 19.2 Å². The number of carbonyl (C=O) groups excluding carboxylic acids is 3. The van der Waals surface area contributed by atoms with Gasteiger partial charge in [-0.15, -0.1) is 4.48 Å². The lowest BCUT2D eigenvalue weighted by atomic mass is 10.2. The Morgan fingerprint density at radius 1 is 1.04 bits per heavy atom. The van der Waals surface area contributed by atoms with E-state index in [0.29, 0.717) is 11.4 Å². The van der Waals surface area contributed by atoms with Crippen molar-refractivity contribution in [1.82, 2.24) is 14.3 Å². The number of benzene rings is 2. The van der Waals surface area contributed by atoms with E-state index < -0.39 is 22.5 Å². The Morgan fingerprint density at radius 3 is 2.00 bits per heavy atom. The van der Waals surface area contributed by atoms with Crippen molar-refractivity contribution < 1.29 is 19.1 Å². The molecule has 7 heteroatoms. The molecule has 1 aliphatic rings. The molecule has 0 saturated carbocycles. The van der Waals surface area contributed by atoms with Crippen molar-refractivity contribution in [3.8, 4) is 0 Å². The van der Waals surface area contributed by atoms with Gasteiger partial charge in [0.2, 0.25) is 0 Å². The van der Waals surface area contributed by atoms with Gasteiger partial charge in [0.15, 0.2) is 18.1 Å². The summed E-state index contributed by atoms with van der Waals surface area (Å²) in [6.07, 6.45) is 0. The van der Waals surface area contributed by atoms with Crippen molar-refractivity contribution in [2.75, 3.05) is 27.4 Å². The Hall–Kier alpha value is -3.03. The van der Waals surface area contributed by atoms with E-state index in [9.17, 15) is 14.4 Å². The molecule has 2 aromatic carbocycles. The summed E-state index contributed by atoms with van der Waals surface area (Å²) < 4.78 is 4.74. The van der Waals surface area contributed by atoms with Crippen LogP contribution in [0.5, 0.6) is 0 Å². The van der Waals surface area contributed by atoms with Crippen LogP contribution in [0.25, 0.3) is 0 Å². The second-order valence-corrected chi connectivity index (χ2v) is 6.95. The number of likely N-dealkylation sites (N-methyl/N-ethyl adjacent to an activating group) is 1. The van der Waals surface area contributed by atoms with Gasteiger partial charge in [-0.3, -0.25) is 9.69 Å². The van der Waals surface area contributed by atoms with Crippen LogP contribution in [0, 0.1) is 0 Å². The molecule has 1 aliphatic heterocycles. The molecule has 0 radical (unpaired) electrons. The quantitative estimate of drug-likeness (QED) is 0.437. The summed E-state index contributed by atoms with van der Waals surface area (Å²) in [5.74, 6) is -0.742. The normalized spacial score (nSPS) is 17.1. The molecule has 2 aromatic rings. The third-order valence-corrected chi connectivity index (χ3v) is 5.02. The van der Waals surface area contributed by atoms with Gasteiger partial charge in [-0.05, 0) is 21.0 Å². The van der Waals surface area contributed by atoms with Gasteiger partial charge < -0.3 is 4.74 Å². The van der Waals surface area contributed by atoms with Crippen molar-refractivity contribution in [2.24, 2.45) is 0 Å². The van der Waals surface area contributed by atoms with Crippen molar-refractivity contribution in [3.05, 3.63) is 60.7 Å². The molecular formula is C21H24N3O4+. The second kappa shape index (κ2) is 7.92. The average Bonchev–Trinajstić information content (AvgIpc) is 2.97. The van der Waals surface area contributed by atoms with Gasteiger partial charge in [-0.25, -0.2) is 14.5 Å². The van der Waals surface area contributed by atoms with E-state index in [1.807, 2.05) is 12.1 Å². The summed E-state index contributed by atoms with van der Waals surface area (Å²) in [5, 5.41) is 0. The summed E-state index contributed by atoms with van der Waals surface area (Å²) in [7, 11) is 3.53. The fourth-order valence-corrected chi connectivity index (χ4v) is 3.19. The third kappa shape index (κ3) is 3.30. The van der Waals surface area contributed by atoms with E-state index in [4.69, 9.17) is 4.74 Å². The number of esters is 1. The number of para-hydroxylation sites is 2. The van der Waals surface area contributed by atoms with E-state index in [1.165, 1.54) is 4.90 Å². The Bertz CT molecular complexity index is 828. The van der Waals surface area contributed by atoms with Gasteiger partial charge in [0.05, 0.1) is 0 Å². The van der Waals surface area contributed by atoms with E-state index in [0.717, 1.165) is 0 Å². The highest BCUT2D eigenvalue weighted by Crippen LogP contribution is 2.39. The van der Waals surface area contributed by atoms with Crippen LogP contribution in [0.2, 0.25) is 0 Å². The highest BCUT2D eigenvalue weighted by molar-refractivity contribution is 6.19. The average molecular weight is 382 g/mol. The number of quaternary nitrogens is 1. The van der Waals surface area contributed by atoms with E-state index in [2.05, 4.69) is 0 Å². The van der Waals surface area contributed by atoms with Gasteiger partial charge in [0.1, 0.15) is 12.6 Å². The number of hydrogen-bond donors (Lipinski definition) is 0. The van der Waals surface area contributed by atoms with Crippen molar-refractivity contribution in [2.45, 2.75) is 13.0 Å². The number of hydrogen-bond acceptors (Lipinski definition) is 5. The second-order valence-electron chi connectivity index (χ2n) is 6.95. The predicted molar refractivity (Wildman–Crippen MR) is 106 cm³/mol. The Kier molecular flexibility index (Phi) is 5.58. The Labute approximate surface area is 164 Å². The highest BCUT2D eigenvalue weighted by Gasteiger charge is 2.58. The molecule has 1 atom stereocenters. The minimum absolute atomic E-state index is 0.133. The van der Waals surface area contributed by atoms with Crippen molar-refractivity contribution >= 4 is 29.3 Å². The smallest absolute Gasteiger partial charge is 0.440 e. The number of amides is 3. The summed E-state index contributed by atoms with van der Waals surface area (Å²) in [6.45, 7) is 1.32. The summed E-state index contributed by atoms with van der Waals surface area (Å²) in [5.41, 5.74) is 1.11. The minimum Gasteiger partial charge on any atom is -0.443 e. The number of ether oxygens (including phenoxy) is 1. The first-order valence-corrected chi connectivity index (χ1v) is 9.05. The molecule has 0 unspecified atom stereocenters. The zero-order chi connectivity index (χ0) is 20.3. The summed E-state index contributed by atoms with van der Waals surface area (Å²) in [4.78, 5) is 41.7. The third-order valence-electron chi connectivity index (χ3n) is 5.02. The van der Waals surface area contributed by atoms with Gasteiger partial charge in [0, 0.05) is 24.3 Å². The maximum Gasteiger partial charge on any atom is 0.440 e. The molecule has 28 heavy (non-hydrogen) atoms. The fourth-order valence-electron chi connectivity index (χ4n) is 3.19. The molecule has 0 aromatic heterocycles. The molecule has 1 heterocycles. The number of rotatable bonds is 6. The van der Waals surface area contributed by atoms with E-state index in [1.54, 1.807) is 74.4 Å². The molecular weight excluding hydrogens is 358 g/mol. The first kappa shape index (κ1) is 19.7. The van der Waals surface area contributed by atoms with Crippen LogP contribution in [0.1, 0.15) is 6.92 Å². The first-order chi connectivity index (χ1) is 13.4. The monoisotopic (exact) mass is 382 g/mol. The number of carbonyl (C=O) groups is 3. The van der Waals surface area contributed by atoms with Crippen LogP contribution >= 0.6 is 0 Å². The molecule has 0 aliphatic carbocycles. The van der Waals surface area contributed by atoms with Crippen molar-refractivity contribution in [3.63, 3.8) is 0 Å². The molecule has 1 saturated heterocycles. The zero-order valence-electron chi connectivity index (χ0n) is 16.2. The van der Waals surface area contributed by atoms with Crippen LogP contribution < -0.4 is 4.48 Å². The van der Waals surface area contributed by atoms with Crippen LogP contribution in [0.3, 0.4) is 0 Å². The van der Waals surface area contributed by atoms with Crippen LogP contribution in [0.4, 0.5) is 16.2 Å². The minimum atomic E-state index is -0.553. The number of urea groups is 1. The molecule has 0 N–H and O–H groups in total. The number of imide groups is 1. The van der Waals surface area contributed by atoms with Crippen LogP contribution in [-0.4, -0.2) is 61.1 Å². The van der Waals surface area contributed by atoms with E-state index >= 15 is 0 Å². The topological polar surface area (TPSA) is 66.9 Å². The molecule has 3 rings (SSSR count). The molecule has 0 spiro atoms. The Morgan fingerprint density at radius 2 is 1.54 bits per heavy atom. The zero-order valence-corrected chi connectivity index (χ0v) is 16.2. The van der Waals surface area contributed by atoms with Gasteiger partial charge in [0.25, 0.3) is 0 Å².